The lowest BCUT2D eigenvalue weighted by molar-refractivity contribution is -0.0788. The summed E-state index contributed by atoms with van der Waals surface area (Å²) in [6, 6.07) is 3.81. The minimum absolute atomic E-state index is 0.0546. The number of halogens is 4. The third kappa shape index (κ3) is 3.72. The summed E-state index contributed by atoms with van der Waals surface area (Å²) in [6.45, 7) is -1.02. The summed E-state index contributed by atoms with van der Waals surface area (Å²) in [4.78, 5) is 19.5. The van der Waals surface area contributed by atoms with Crippen LogP contribution in [0.15, 0.2) is 41.5 Å². The summed E-state index contributed by atoms with van der Waals surface area (Å²) >= 11 is 5.70. The maximum atomic E-state index is 14.1. The molecule has 0 saturated heterocycles. The molecular weight excluding hydrogens is 373 g/mol. The highest BCUT2D eigenvalue weighted by atomic mass is 35.5. The largest absolute Gasteiger partial charge is 0.459 e. The summed E-state index contributed by atoms with van der Waals surface area (Å²) in [5.41, 5.74) is 5.06. The number of carbonyl (C=O) groups excluding carboxylic acids is 1. The fourth-order valence-electron chi connectivity index (χ4n) is 2.34. The summed E-state index contributed by atoms with van der Waals surface area (Å²) < 4.78 is 46.7. The van der Waals surface area contributed by atoms with Gasteiger partial charge in [0.05, 0.1) is 5.02 Å². The highest BCUT2D eigenvalue weighted by molar-refractivity contribution is 6.30. The van der Waals surface area contributed by atoms with E-state index in [1.807, 2.05) is 0 Å². The molecule has 1 amide bonds. The van der Waals surface area contributed by atoms with Gasteiger partial charge >= 0.3 is 5.92 Å². The van der Waals surface area contributed by atoms with Crippen LogP contribution in [0.1, 0.15) is 22.1 Å². The summed E-state index contributed by atoms with van der Waals surface area (Å²) in [5, 5.41) is 2.81. The average Bonchev–Trinajstić information content (AvgIpc) is 2.59. The van der Waals surface area contributed by atoms with Crippen LogP contribution in [-0.2, 0) is 4.74 Å². The molecule has 3 rings (SSSR count). The number of aromatic nitrogens is 1. The fourth-order valence-corrected chi connectivity index (χ4v) is 2.45. The van der Waals surface area contributed by atoms with Crippen molar-refractivity contribution in [3.63, 3.8) is 0 Å². The van der Waals surface area contributed by atoms with Crippen molar-refractivity contribution in [2.24, 2.45) is 10.7 Å². The van der Waals surface area contributed by atoms with E-state index in [-0.39, 0.29) is 11.4 Å². The van der Waals surface area contributed by atoms with Crippen LogP contribution >= 0.6 is 11.6 Å². The van der Waals surface area contributed by atoms with Crippen LogP contribution in [0.4, 0.5) is 18.9 Å². The van der Waals surface area contributed by atoms with Crippen molar-refractivity contribution < 1.29 is 22.7 Å². The molecule has 2 heterocycles. The number of amides is 1. The minimum Gasteiger partial charge on any atom is -0.459 e. The maximum absolute atomic E-state index is 14.1. The summed E-state index contributed by atoms with van der Waals surface area (Å²) in [7, 11) is 0. The lowest BCUT2D eigenvalue weighted by atomic mass is 9.99. The predicted octanol–water partition coefficient (Wildman–Crippen LogP) is 3.15. The van der Waals surface area contributed by atoms with Gasteiger partial charge in [0.15, 0.2) is 12.6 Å². The highest BCUT2D eigenvalue weighted by Crippen LogP contribution is 2.39. The van der Waals surface area contributed by atoms with Crippen molar-refractivity contribution >= 4 is 29.2 Å². The van der Waals surface area contributed by atoms with Crippen molar-refractivity contribution in [2.75, 3.05) is 11.9 Å². The molecule has 10 heteroatoms. The molecule has 0 spiro atoms. The average molecular weight is 385 g/mol. The van der Waals surface area contributed by atoms with E-state index in [1.54, 1.807) is 0 Å². The molecule has 0 bridgehead atoms. The van der Waals surface area contributed by atoms with E-state index in [9.17, 15) is 18.0 Å². The summed E-state index contributed by atoms with van der Waals surface area (Å²) in [5.74, 6) is -4.97. The molecule has 0 radical (unpaired) electrons. The van der Waals surface area contributed by atoms with E-state index >= 15 is 0 Å². The molecule has 2 aromatic rings. The van der Waals surface area contributed by atoms with Gasteiger partial charge in [0.2, 0.25) is 0 Å². The van der Waals surface area contributed by atoms with Crippen LogP contribution in [0.5, 0.6) is 0 Å². The second-order valence-corrected chi connectivity index (χ2v) is 5.91. The second kappa shape index (κ2) is 6.83. The number of carbonyl (C=O) groups is 1. The van der Waals surface area contributed by atoms with E-state index in [0.717, 1.165) is 12.1 Å². The van der Waals surface area contributed by atoms with Gasteiger partial charge < -0.3 is 15.8 Å². The Hall–Kier alpha value is -2.81. The highest BCUT2D eigenvalue weighted by Gasteiger charge is 2.46. The zero-order chi connectivity index (χ0) is 18.9. The van der Waals surface area contributed by atoms with Gasteiger partial charge in [0.25, 0.3) is 11.9 Å². The van der Waals surface area contributed by atoms with E-state index in [4.69, 9.17) is 17.3 Å². The minimum atomic E-state index is -3.45. The van der Waals surface area contributed by atoms with E-state index in [2.05, 4.69) is 20.0 Å². The molecule has 0 saturated carbocycles. The Balaban J connectivity index is 1.89. The smallest absolute Gasteiger partial charge is 0.307 e. The number of amidine groups is 1. The molecule has 0 aliphatic carbocycles. The fraction of sp³-hybridized carbons (Fsp3) is 0.188. The molecule has 1 atom stereocenters. The first-order valence-corrected chi connectivity index (χ1v) is 7.70. The van der Waals surface area contributed by atoms with Gasteiger partial charge in [-0.05, 0) is 30.3 Å². The molecule has 6 nitrogen and oxygen atoms in total. The van der Waals surface area contributed by atoms with E-state index in [1.165, 1.54) is 24.4 Å². The topological polar surface area (TPSA) is 89.6 Å². The number of hydrogen-bond donors (Lipinski definition) is 2. The van der Waals surface area contributed by atoms with E-state index < -0.39 is 41.9 Å². The number of pyridine rings is 1. The van der Waals surface area contributed by atoms with Crippen LogP contribution in [0.25, 0.3) is 0 Å². The second-order valence-electron chi connectivity index (χ2n) is 5.47. The number of anilines is 1. The quantitative estimate of drug-likeness (QED) is 0.850. The number of benzene rings is 1. The van der Waals surface area contributed by atoms with Gasteiger partial charge in [0.1, 0.15) is 11.5 Å². The van der Waals surface area contributed by atoms with Crippen LogP contribution in [0.2, 0.25) is 5.02 Å². The standard InChI is InChI=1S/C16H12ClF3N4O2/c17-8-1-4-12(22-6-8)14(25)23-9-2-3-11(18)10(5-9)13-16(19,20)7-26-15(21)24-13/h1-6,13H,7H2,(H2,21,24)(H,23,25). The lowest BCUT2D eigenvalue weighted by Crippen LogP contribution is -2.40. The van der Waals surface area contributed by atoms with E-state index in [0.29, 0.717) is 5.02 Å². The Morgan fingerprint density at radius 3 is 2.81 bits per heavy atom. The molecule has 1 unspecified atom stereocenters. The number of rotatable bonds is 3. The molecule has 26 heavy (non-hydrogen) atoms. The number of hydrogen-bond acceptors (Lipinski definition) is 5. The predicted molar refractivity (Wildman–Crippen MR) is 88.9 cm³/mol. The zero-order valence-electron chi connectivity index (χ0n) is 13.0. The molecule has 136 valence electrons. The Morgan fingerprint density at radius 2 is 2.12 bits per heavy atom. The third-order valence-corrected chi connectivity index (χ3v) is 3.80. The van der Waals surface area contributed by atoms with Crippen LogP contribution in [-0.4, -0.2) is 29.4 Å². The van der Waals surface area contributed by atoms with Gasteiger partial charge in [-0.2, -0.15) is 0 Å². The Labute approximate surface area is 150 Å². The van der Waals surface area contributed by atoms with Crippen molar-refractivity contribution in [1.82, 2.24) is 4.98 Å². The van der Waals surface area contributed by atoms with Gasteiger partial charge in [-0.3, -0.25) is 4.79 Å². The number of aliphatic imine (C=N–C) groups is 1. The number of nitrogens with two attached hydrogens (primary N) is 1. The van der Waals surface area contributed by atoms with Crippen LogP contribution in [0, 0.1) is 5.82 Å². The van der Waals surface area contributed by atoms with Gasteiger partial charge in [0, 0.05) is 17.4 Å². The number of alkyl halides is 2. The van der Waals surface area contributed by atoms with Gasteiger partial charge in [-0.15, -0.1) is 0 Å². The first kappa shape index (κ1) is 18.0. The van der Waals surface area contributed by atoms with Crippen molar-refractivity contribution in [1.29, 1.82) is 0 Å². The van der Waals surface area contributed by atoms with Crippen LogP contribution < -0.4 is 11.1 Å². The van der Waals surface area contributed by atoms with Crippen molar-refractivity contribution in [3.8, 4) is 0 Å². The number of ether oxygens (including phenoxy) is 1. The molecule has 1 aliphatic heterocycles. The lowest BCUT2D eigenvalue weighted by Gasteiger charge is -2.28. The molecule has 1 aliphatic rings. The van der Waals surface area contributed by atoms with Gasteiger partial charge in [-0.25, -0.2) is 23.1 Å². The van der Waals surface area contributed by atoms with Crippen LogP contribution in [0.3, 0.4) is 0 Å². The normalized spacial score (nSPS) is 18.6. The number of nitrogens with zero attached hydrogens (tertiary/aromatic N) is 2. The van der Waals surface area contributed by atoms with Crippen molar-refractivity contribution in [2.45, 2.75) is 12.0 Å². The zero-order valence-corrected chi connectivity index (χ0v) is 13.8. The summed E-state index contributed by atoms with van der Waals surface area (Å²) in [6.07, 6.45) is 1.28. The Morgan fingerprint density at radius 1 is 1.35 bits per heavy atom. The molecule has 1 aromatic heterocycles. The first-order chi connectivity index (χ1) is 12.3. The molecular formula is C16H12ClF3N4O2. The SMILES string of the molecule is NC1=NC(c2cc(NC(=O)c3ccc(Cl)cn3)ccc2F)C(F)(F)CO1. The third-order valence-electron chi connectivity index (χ3n) is 3.58. The maximum Gasteiger partial charge on any atom is 0.307 e. The molecule has 0 fully saturated rings. The molecule has 3 N–H and O–H groups in total. The van der Waals surface area contributed by atoms with Gasteiger partial charge in [-0.1, -0.05) is 11.6 Å². The first-order valence-electron chi connectivity index (χ1n) is 7.32. The monoisotopic (exact) mass is 384 g/mol. The Kier molecular flexibility index (Phi) is 4.73. The Bertz CT molecular complexity index is 874. The van der Waals surface area contributed by atoms with Crippen molar-refractivity contribution in [3.05, 3.63) is 58.6 Å². The molecule has 1 aromatic carbocycles. The number of nitrogens with one attached hydrogen (secondary N) is 1.